The quantitative estimate of drug-likeness (QED) is 0.811. The molecule has 0 saturated heterocycles. The van der Waals surface area contributed by atoms with E-state index in [1.165, 1.54) is 19.2 Å². The van der Waals surface area contributed by atoms with Gasteiger partial charge in [-0.3, -0.25) is 0 Å². The Labute approximate surface area is 109 Å². The van der Waals surface area contributed by atoms with Gasteiger partial charge in [0.2, 0.25) is 0 Å². The van der Waals surface area contributed by atoms with Gasteiger partial charge >= 0.3 is 6.18 Å². The molecule has 1 rings (SSSR count). The molecule has 0 aliphatic rings. The lowest BCUT2D eigenvalue weighted by atomic mass is 9.87. The van der Waals surface area contributed by atoms with E-state index in [1.807, 2.05) is 0 Å². The molecule has 0 amide bonds. The molecule has 19 heavy (non-hydrogen) atoms. The largest absolute Gasteiger partial charge is 0.416 e. The minimum Gasteiger partial charge on any atom is -0.381 e. The number of nitrogens with two attached hydrogens (primary N) is 1. The number of rotatable bonds is 6. The first-order valence-corrected chi connectivity index (χ1v) is 5.90. The summed E-state index contributed by atoms with van der Waals surface area (Å²) in [6.07, 6.45) is -4.42. The van der Waals surface area contributed by atoms with Gasteiger partial charge in [0.05, 0.1) is 12.2 Å². The molecule has 0 saturated carbocycles. The minimum atomic E-state index is -4.59. The molecule has 0 aliphatic carbocycles. The highest BCUT2D eigenvalue weighted by Crippen LogP contribution is 2.40. The van der Waals surface area contributed by atoms with Crippen molar-refractivity contribution in [2.24, 2.45) is 5.73 Å². The van der Waals surface area contributed by atoms with Gasteiger partial charge < -0.3 is 10.5 Å². The van der Waals surface area contributed by atoms with Crippen molar-refractivity contribution in [3.63, 3.8) is 0 Å². The second-order valence-electron chi connectivity index (χ2n) is 4.33. The van der Waals surface area contributed by atoms with Crippen molar-refractivity contribution >= 4 is 0 Å². The molecule has 0 spiro atoms. The van der Waals surface area contributed by atoms with E-state index in [4.69, 9.17) is 10.5 Å². The van der Waals surface area contributed by atoms with E-state index in [2.05, 4.69) is 0 Å². The summed E-state index contributed by atoms with van der Waals surface area (Å²) >= 11 is 0. The first kappa shape index (κ1) is 15.9. The van der Waals surface area contributed by atoms with Gasteiger partial charge in [0.15, 0.2) is 5.67 Å². The van der Waals surface area contributed by atoms with Crippen molar-refractivity contribution in [1.82, 2.24) is 0 Å². The Bertz CT molecular complexity index is 408. The second-order valence-corrected chi connectivity index (χ2v) is 4.33. The van der Waals surface area contributed by atoms with Crippen LogP contribution in [0.25, 0.3) is 0 Å². The Morgan fingerprint density at radius 3 is 2.16 bits per heavy atom. The smallest absolute Gasteiger partial charge is 0.381 e. The van der Waals surface area contributed by atoms with E-state index < -0.39 is 29.6 Å². The number of halogens is 4. The van der Waals surface area contributed by atoms with E-state index in [0.717, 1.165) is 12.1 Å². The van der Waals surface area contributed by atoms with Crippen LogP contribution in [0.3, 0.4) is 0 Å². The lowest BCUT2D eigenvalue weighted by molar-refractivity contribution is -0.140. The van der Waals surface area contributed by atoms with E-state index in [1.54, 1.807) is 0 Å². The van der Waals surface area contributed by atoms with Gasteiger partial charge in [0, 0.05) is 12.7 Å². The van der Waals surface area contributed by atoms with Crippen molar-refractivity contribution in [2.45, 2.75) is 24.7 Å². The molecule has 0 heterocycles. The third kappa shape index (κ3) is 3.91. The fourth-order valence-electron chi connectivity index (χ4n) is 2.02. The first-order valence-electron chi connectivity index (χ1n) is 5.90. The summed E-state index contributed by atoms with van der Waals surface area (Å²) < 4.78 is 58.3. The Kier molecular flexibility index (Phi) is 5.31. The molecule has 1 aromatic rings. The second kappa shape index (κ2) is 6.34. The molecule has 2 nitrogen and oxygen atoms in total. The number of alkyl halides is 4. The van der Waals surface area contributed by atoms with Crippen molar-refractivity contribution in [3.05, 3.63) is 35.4 Å². The highest BCUT2D eigenvalue weighted by atomic mass is 19.4. The number of hydrogen-bond acceptors (Lipinski definition) is 2. The van der Waals surface area contributed by atoms with Crippen molar-refractivity contribution < 1.29 is 22.3 Å². The number of benzene rings is 1. The number of hydrogen-bond donors (Lipinski definition) is 1. The average Bonchev–Trinajstić information content (AvgIpc) is 2.36. The summed E-state index contributed by atoms with van der Waals surface area (Å²) in [4.78, 5) is 0. The molecular weight excluding hydrogens is 262 g/mol. The third-order valence-electron chi connectivity index (χ3n) is 2.87. The van der Waals surface area contributed by atoms with Gasteiger partial charge in [-0.1, -0.05) is 18.2 Å². The third-order valence-corrected chi connectivity index (χ3v) is 2.87. The Morgan fingerprint density at radius 1 is 1.11 bits per heavy atom. The standard InChI is InChI=1S/C13H17F4NO/c1-19-9-12(14,7-4-8-18)10-5-2-3-6-11(10)13(15,16)17/h2-3,5-6H,4,7-9,18H2,1H3. The first-order chi connectivity index (χ1) is 8.85. The molecule has 0 bridgehead atoms. The topological polar surface area (TPSA) is 35.2 Å². The summed E-state index contributed by atoms with van der Waals surface area (Å²) in [5.41, 5.74) is 1.77. The van der Waals surface area contributed by atoms with Gasteiger partial charge in [-0.2, -0.15) is 13.2 Å². The van der Waals surface area contributed by atoms with Crippen molar-refractivity contribution in [1.29, 1.82) is 0 Å². The van der Waals surface area contributed by atoms with Crippen LogP contribution in [-0.2, 0) is 16.6 Å². The van der Waals surface area contributed by atoms with Crippen LogP contribution in [-0.4, -0.2) is 20.3 Å². The lowest BCUT2D eigenvalue weighted by Gasteiger charge is -2.28. The molecule has 108 valence electrons. The normalized spacial score (nSPS) is 15.3. The Hall–Kier alpha value is -1.14. The highest BCUT2D eigenvalue weighted by molar-refractivity contribution is 5.35. The molecule has 0 aliphatic heterocycles. The molecule has 0 radical (unpaired) electrons. The lowest BCUT2D eigenvalue weighted by Crippen LogP contribution is -2.30. The van der Waals surface area contributed by atoms with Crippen LogP contribution >= 0.6 is 0 Å². The maximum Gasteiger partial charge on any atom is 0.416 e. The molecule has 1 atom stereocenters. The molecular formula is C13H17F4NO. The SMILES string of the molecule is COCC(F)(CCCN)c1ccccc1C(F)(F)F. The maximum atomic E-state index is 14.8. The predicted octanol–water partition coefficient (Wildman–Crippen LogP) is 3.26. The molecule has 1 unspecified atom stereocenters. The van der Waals surface area contributed by atoms with Gasteiger partial charge in [-0.25, -0.2) is 4.39 Å². The molecule has 0 aromatic heterocycles. The minimum absolute atomic E-state index is 0.107. The fourth-order valence-corrected chi connectivity index (χ4v) is 2.02. The van der Waals surface area contributed by atoms with Crippen LogP contribution in [0.15, 0.2) is 24.3 Å². The average molecular weight is 279 g/mol. The molecule has 1 aromatic carbocycles. The van der Waals surface area contributed by atoms with Crippen LogP contribution < -0.4 is 5.73 Å². The monoisotopic (exact) mass is 279 g/mol. The summed E-state index contributed by atoms with van der Waals surface area (Å²) in [7, 11) is 1.26. The van der Waals surface area contributed by atoms with Crippen LogP contribution in [0.4, 0.5) is 17.6 Å². The molecule has 0 fully saturated rings. The summed E-state index contributed by atoms with van der Waals surface area (Å²) in [6, 6.07) is 4.65. The van der Waals surface area contributed by atoms with Gasteiger partial charge in [-0.15, -0.1) is 0 Å². The Balaban J connectivity index is 3.22. The number of ether oxygens (including phenoxy) is 1. The maximum absolute atomic E-state index is 14.8. The van der Waals surface area contributed by atoms with Gasteiger partial charge in [-0.05, 0) is 25.5 Å². The zero-order chi connectivity index (χ0) is 14.5. The van der Waals surface area contributed by atoms with Crippen LogP contribution in [0.1, 0.15) is 24.0 Å². The summed E-state index contributed by atoms with van der Waals surface area (Å²) in [6.45, 7) is -0.219. The Morgan fingerprint density at radius 2 is 1.68 bits per heavy atom. The predicted molar refractivity (Wildman–Crippen MR) is 64.4 cm³/mol. The highest BCUT2D eigenvalue weighted by Gasteiger charge is 2.41. The fraction of sp³-hybridized carbons (Fsp3) is 0.538. The van der Waals surface area contributed by atoms with Crippen LogP contribution in [0, 0.1) is 0 Å². The van der Waals surface area contributed by atoms with E-state index in [-0.39, 0.29) is 19.4 Å². The van der Waals surface area contributed by atoms with Crippen LogP contribution in [0.2, 0.25) is 0 Å². The number of methoxy groups -OCH3 is 1. The van der Waals surface area contributed by atoms with Gasteiger partial charge in [0.1, 0.15) is 0 Å². The zero-order valence-corrected chi connectivity index (χ0v) is 10.6. The van der Waals surface area contributed by atoms with Crippen molar-refractivity contribution in [3.8, 4) is 0 Å². The van der Waals surface area contributed by atoms with E-state index in [0.29, 0.717) is 0 Å². The molecule has 2 N–H and O–H groups in total. The van der Waals surface area contributed by atoms with Gasteiger partial charge in [0.25, 0.3) is 0 Å². The summed E-state index contributed by atoms with van der Waals surface area (Å²) in [5, 5.41) is 0. The van der Waals surface area contributed by atoms with Crippen molar-refractivity contribution in [2.75, 3.05) is 20.3 Å². The molecule has 6 heteroatoms. The van der Waals surface area contributed by atoms with Crippen LogP contribution in [0.5, 0.6) is 0 Å². The van der Waals surface area contributed by atoms with E-state index >= 15 is 0 Å². The zero-order valence-electron chi connectivity index (χ0n) is 10.6. The van der Waals surface area contributed by atoms with E-state index in [9.17, 15) is 17.6 Å². The summed E-state index contributed by atoms with van der Waals surface area (Å²) in [5.74, 6) is 0.